The predicted molar refractivity (Wildman–Crippen MR) is 148 cm³/mol. The fourth-order valence-corrected chi connectivity index (χ4v) is 5.00. The minimum absolute atomic E-state index is 0.433. The highest BCUT2D eigenvalue weighted by atomic mass is 16.5. The van der Waals surface area contributed by atoms with E-state index in [0.717, 1.165) is 66.0 Å². The Morgan fingerprint density at radius 1 is 0.944 bits per heavy atom. The van der Waals surface area contributed by atoms with E-state index in [1.165, 1.54) is 24.8 Å². The summed E-state index contributed by atoms with van der Waals surface area (Å²) in [5.41, 5.74) is 2.17. The number of nitrogens with one attached hydrogen (secondary N) is 2. The molecule has 4 rings (SSSR count). The van der Waals surface area contributed by atoms with E-state index in [0.29, 0.717) is 19.3 Å². The Morgan fingerprint density at radius 2 is 1.72 bits per heavy atom. The Morgan fingerprint density at radius 3 is 2.47 bits per heavy atom. The van der Waals surface area contributed by atoms with Crippen molar-refractivity contribution in [3.05, 3.63) is 48.0 Å². The minimum Gasteiger partial charge on any atom is -0.494 e. The highest BCUT2D eigenvalue weighted by Gasteiger charge is 2.22. The Hall–Kier alpha value is -3.06. The average Bonchev–Trinajstić information content (AvgIpc) is 2.88. The zero-order chi connectivity index (χ0) is 25.3. The zero-order valence-electron chi connectivity index (χ0n) is 22.2. The summed E-state index contributed by atoms with van der Waals surface area (Å²) in [6.45, 7) is 7.15. The number of anilines is 2. The van der Waals surface area contributed by atoms with Crippen molar-refractivity contribution in [2.45, 2.75) is 58.5 Å². The van der Waals surface area contributed by atoms with Crippen LogP contribution in [0.2, 0.25) is 0 Å². The second-order valence-corrected chi connectivity index (χ2v) is 9.75. The summed E-state index contributed by atoms with van der Waals surface area (Å²) in [6.07, 6.45) is 5.99. The minimum atomic E-state index is 0.433. The van der Waals surface area contributed by atoms with Crippen LogP contribution in [0.25, 0.3) is 10.9 Å². The third-order valence-corrected chi connectivity index (χ3v) is 6.88. The van der Waals surface area contributed by atoms with Gasteiger partial charge in [0.15, 0.2) is 0 Å². The van der Waals surface area contributed by atoms with Gasteiger partial charge < -0.3 is 25.0 Å². The maximum atomic E-state index is 5.84. The molecule has 1 fully saturated rings. The molecular formula is C29H41N5O2. The van der Waals surface area contributed by atoms with Crippen molar-refractivity contribution in [3.8, 4) is 11.5 Å². The van der Waals surface area contributed by atoms with E-state index in [-0.39, 0.29) is 0 Å². The van der Waals surface area contributed by atoms with E-state index < -0.39 is 0 Å². The Bertz CT molecular complexity index is 1110. The molecule has 0 bridgehead atoms. The number of rotatable bonds is 12. The molecule has 0 unspecified atom stereocenters. The number of para-hydroxylation sites is 1. The van der Waals surface area contributed by atoms with Crippen molar-refractivity contribution < 1.29 is 9.47 Å². The second kappa shape index (κ2) is 12.8. The largest absolute Gasteiger partial charge is 0.494 e. The fraction of sp³-hybridized carbons (Fsp3) is 0.517. The monoisotopic (exact) mass is 491 g/mol. The van der Waals surface area contributed by atoms with Gasteiger partial charge in [-0.1, -0.05) is 18.2 Å². The summed E-state index contributed by atoms with van der Waals surface area (Å²) in [5.74, 6) is 4.24. The number of hydrogen-bond donors (Lipinski definition) is 2. The van der Waals surface area contributed by atoms with Gasteiger partial charge >= 0.3 is 0 Å². The molecule has 0 amide bonds. The smallest absolute Gasteiger partial charge is 0.225 e. The molecule has 0 radical (unpaired) electrons. The lowest BCUT2D eigenvalue weighted by atomic mass is 9.84. The van der Waals surface area contributed by atoms with Crippen LogP contribution < -0.4 is 25.0 Å². The molecule has 7 nitrogen and oxygen atoms in total. The van der Waals surface area contributed by atoms with Crippen molar-refractivity contribution in [2.24, 2.45) is 5.92 Å². The van der Waals surface area contributed by atoms with Gasteiger partial charge in [0.05, 0.1) is 18.7 Å². The van der Waals surface area contributed by atoms with Gasteiger partial charge in [-0.15, -0.1) is 0 Å². The van der Waals surface area contributed by atoms with E-state index >= 15 is 0 Å². The summed E-state index contributed by atoms with van der Waals surface area (Å²) < 4.78 is 11.5. The normalized spacial score (nSPS) is 17.7. The van der Waals surface area contributed by atoms with Crippen LogP contribution in [0.4, 0.5) is 11.8 Å². The first kappa shape index (κ1) is 26.0. The molecule has 1 aliphatic carbocycles. The molecule has 36 heavy (non-hydrogen) atoms. The SMILES string of the molecule is CCOc1ccc(CNCCC2CCC(Nc3nc(N(C)C)c4ccccc4n3)CC2)c(OCC)c1. The fourth-order valence-electron chi connectivity index (χ4n) is 5.00. The third-order valence-electron chi connectivity index (χ3n) is 6.88. The number of hydrogen-bond acceptors (Lipinski definition) is 7. The van der Waals surface area contributed by atoms with E-state index in [9.17, 15) is 0 Å². The molecule has 2 aromatic carbocycles. The summed E-state index contributed by atoms with van der Waals surface area (Å²) in [6, 6.07) is 14.8. The van der Waals surface area contributed by atoms with E-state index in [4.69, 9.17) is 19.4 Å². The van der Waals surface area contributed by atoms with Crippen LogP contribution in [0, 0.1) is 5.92 Å². The summed E-state index contributed by atoms with van der Waals surface area (Å²) in [4.78, 5) is 11.7. The Balaban J connectivity index is 1.23. The molecule has 2 N–H and O–H groups in total. The molecule has 1 aliphatic rings. The van der Waals surface area contributed by atoms with Crippen LogP contribution in [0.15, 0.2) is 42.5 Å². The molecule has 1 aromatic heterocycles. The highest BCUT2D eigenvalue weighted by molar-refractivity contribution is 5.90. The van der Waals surface area contributed by atoms with Gasteiger partial charge in [0.25, 0.3) is 0 Å². The van der Waals surface area contributed by atoms with Crippen LogP contribution in [0.5, 0.6) is 11.5 Å². The lowest BCUT2D eigenvalue weighted by molar-refractivity contribution is 0.313. The molecule has 0 atom stereocenters. The van der Waals surface area contributed by atoms with Crippen LogP contribution >= 0.6 is 0 Å². The van der Waals surface area contributed by atoms with Gasteiger partial charge in [-0.05, 0) is 76.6 Å². The van der Waals surface area contributed by atoms with Gasteiger partial charge in [-0.25, -0.2) is 4.98 Å². The number of fused-ring (bicyclic) bond motifs is 1. The maximum Gasteiger partial charge on any atom is 0.225 e. The number of benzene rings is 2. The predicted octanol–water partition coefficient (Wildman–Crippen LogP) is 5.64. The summed E-state index contributed by atoms with van der Waals surface area (Å²) >= 11 is 0. The van der Waals surface area contributed by atoms with Gasteiger partial charge in [-0.2, -0.15) is 4.98 Å². The number of ether oxygens (including phenoxy) is 2. The quantitative estimate of drug-likeness (QED) is 0.318. The standard InChI is InChI=1S/C29H41N5O2/c1-5-35-24-16-13-22(27(19-24)36-6-2)20-30-18-17-21-11-14-23(15-12-21)31-29-32-26-10-8-7-9-25(26)28(33-29)34(3)4/h7-10,13,16,19,21,23,30H,5-6,11-12,14-15,17-18,20H2,1-4H3,(H,31,32,33). The van der Waals surface area contributed by atoms with Crippen molar-refractivity contribution in [3.63, 3.8) is 0 Å². The molecular weight excluding hydrogens is 450 g/mol. The molecule has 0 aliphatic heterocycles. The Kier molecular flexibility index (Phi) is 9.23. The van der Waals surface area contributed by atoms with Gasteiger partial charge in [0.1, 0.15) is 17.3 Å². The second-order valence-electron chi connectivity index (χ2n) is 9.75. The van der Waals surface area contributed by atoms with Crippen LogP contribution in [-0.4, -0.2) is 49.9 Å². The third kappa shape index (κ3) is 6.78. The van der Waals surface area contributed by atoms with Crippen LogP contribution in [0.3, 0.4) is 0 Å². The molecule has 0 spiro atoms. The van der Waals surface area contributed by atoms with Crippen LogP contribution in [-0.2, 0) is 6.54 Å². The molecule has 194 valence electrons. The molecule has 1 heterocycles. The highest BCUT2D eigenvalue weighted by Crippen LogP contribution is 2.30. The topological polar surface area (TPSA) is 71.5 Å². The first-order valence-corrected chi connectivity index (χ1v) is 13.4. The van der Waals surface area contributed by atoms with Gasteiger partial charge in [-0.3, -0.25) is 0 Å². The van der Waals surface area contributed by atoms with Crippen LogP contribution in [0.1, 0.15) is 51.5 Å². The molecule has 0 saturated heterocycles. The molecule has 1 saturated carbocycles. The van der Waals surface area contributed by atoms with E-state index in [1.54, 1.807) is 0 Å². The Labute approximate surface area is 215 Å². The first-order chi connectivity index (χ1) is 17.6. The van der Waals surface area contributed by atoms with Crippen molar-refractivity contribution >= 4 is 22.7 Å². The average molecular weight is 492 g/mol. The first-order valence-electron chi connectivity index (χ1n) is 13.4. The van der Waals surface area contributed by atoms with E-state index in [1.807, 2.05) is 52.2 Å². The lowest BCUT2D eigenvalue weighted by Crippen LogP contribution is -2.28. The maximum absolute atomic E-state index is 5.84. The van der Waals surface area contributed by atoms with Gasteiger partial charge in [0.2, 0.25) is 5.95 Å². The van der Waals surface area contributed by atoms with Crippen molar-refractivity contribution in [2.75, 3.05) is 44.1 Å². The number of nitrogens with zero attached hydrogens (tertiary/aromatic N) is 3. The lowest BCUT2D eigenvalue weighted by Gasteiger charge is -2.29. The molecule has 7 heteroatoms. The van der Waals surface area contributed by atoms with E-state index in [2.05, 4.69) is 33.7 Å². The van der Waals surface area contributed by atoms with Gasteiger partial charge in [0, 0.05) is 43.7 Å². The van der Waals surface area contributed by atoms with Crippen molar-refractivity contribution in [1.29, 1.82) is 0 Å². The summed E-state index contributed by atoms with van der Waals surface area (Å²) in [5, 5.41) is 8.33. The van der Waals surface area contributed by atoms with Crippen molar-refractivity contribution in [1.82, 2.24) is 15.3 Å². The number of aromatic nitrogens is 2. The summed E-state index contributed by atoms with van der Waals surface area (Å²) in [7, 11) is 4.07. The molecule has 3 aromatic rings. The zero-order valence-corrected chi connectivity index (χ0v) is 22.2.